The Hall–Kier alpha value is -0.900. The molecular weight excluding hydrogens is 224 g/mol. The van der Waals surface area contributed by atoms with Crippen LogP contribution in [0.4, 0.5) is 0 Å². The van der Waals surface area contributed by atoms with Gasteiger partial charge in [-0.05, 0) is 49.5 Å². The van der Waals surface area contributed by atoms with Crippen molar-refractivity contribution in [3.63, 3.8) is 0 Å². The maximum Gasteiger partial charge on any atom is 0.0713 e. The molecule has 0 radical (unpaired) electrons. The molecular formula is C15H24N2O. The molecule has 2 rings (SSSR count). The zero-order valence-corrected chi connectivity index (χ0v) is 11.3. The lowest BCUT2D eigenvalue weighted by Crippen LogP contribution is -2.35. The Bertz CT molecular complexity index is 359. The second-order valence-electron chi connectivity index (χ2n) is 5.21. The molecule has 1 aliphatic rings. The van der Waals surface area contributed by atoms with E-state index in [4.69, 9.17) is 10.5 Å². The van der Waals surface area contributed by atoms with Crippen LogP contribution >= 0.6 is 0 Å². The minimum atomic E-state index is 0.698. The summed E-state index contributed by atoms with van der Waals surface area (Å²) >= 11 is 0. The van der Waals surface area contributed by atoms with Gasteiger partial charge in [0.15, 0.2) is 0 Å². The first-order valence-electron chi connectivity index (χ1n) is 6.81. The number of nitrogens with zero attached hydrogens (tertiary/aromatic N) is 1. The summed E-state index contributed by atoms with van der Waals surface area (Å²) < 4.78 is 5.17. The molecule has 0 unspecified atom stereocenters. The largest absolute Gasteiger partial charge is 0.380 e. The monoisotopic (exact) mass is 248 g/mol. The van der Waals surface area contributed by atoms with Crippen molar-refractivity contribution in [1.82, 2.24) is 4.90 Å². The third-order valence-corrected chi connectivity index (χ3v) is 3.75. The van der Waals surface area contributed by atoms with E-state index in [-0.39, 0.29) is 0 Å². The van der Waals surface area contributed by atoms with Crippen molar-refractivity contribution < 1.29 is 4.74 Å². The molecule has 0 aliphatic carbocycles. The molecule has 3 heteroatoms. The molecule has 0 spiro atoms. The normalized spacial score (nSPS) is 18.1. The van der Waals surface area contributed by atoms with E-state index in [2.05, 4.69) is 29.2 Å². The molecule has 0 bridgehead atoms. The number of piperidine rings is 1. The summed E-state index contributed by atoms with van der Waals surface area (Å²) in [5.74, 6) is 0.737. The smallest absolute Gasteiger partial charge is 0.0713 e. The van der Waals surface area contributed by atoms with Crippen LogP contribution in [0.2, 0.25) is 0 Å². The number of ether oxygens (including phenoxy) is 1. The van der Waals surface area contributed by atoms with Crippen molar-refractivity contribution >= 4 is 0 Å². The summed E-state index contributed by atoms with van der Waals surface area (Å²) in [6.07, 6.45) is 2.49. The van der Waals surface area contributed by atoms with Crippen LogP contribution in [0.1, 0.15) is 24.0 Å². The van der Waals surface area contributed by atoms with Gasteiger partial charge in [0, 0.05) is 13.7 Å². The molecule has 1 heterocycles. The van der Waals surface area contributed by atoms with Gasteiger partial charge in [-0.25, -0.2) is 0 Å². The SMILES string of the molecule is COCc1cccc(CN2CCC(CN)CC2)c1. The highest BCUT2D eigenvalue weighted by Gasteiger charge is 2.17. The number of hydrogen-bond donors (Lipinski definition) is 1. The fourth-order valence-electron chi connectivity index (χ4n) is 2.62. The van der Waals surface area contributed by atoms with Gasteiger partial charge in [-0.15, -0.1) is 0 Å². The molecule has 0 saturated carbocycles. The number of likely N-dealkylation sites (tertiary alicyclic amines) is 1. The number of methoxy groups -OCH3 is 1. The summed E-state index contributed by atoms with van der Waals surface area (Å²) in [6.45, 7) is 4.95. The molecule has 0 amide bonds. The fourth-order valence-corrected chi connectivity index (χ4v) is 2.62. The molecule has 18 heavy (non-hydrogen) atoms. The van der Waals surface area contributed by atoms with Gasteiger partial charge in [0.25, 0.3) is 0 Å². The van der Waals surface area contributed by atoms with E-state index in [1.54, 1.807) is 7.11 Å². The molecule has 3 nitrogen and oxygen atoms in total. The molecule has 2 N–H and O–H groups in total. The molecule has 0 aromatic heterocycles. The Morgan fingerprint density at radius 2 is 2.00 bits per heavy atom. The predicted octanol–water partition coefficient (Wildman–Crippen LogP) is 2.00. The van der Waals surface area contributed by atoms with Gasteiger partial charge < -0.3 is 10.5 Å². The number of nitrogens with two attached hydrogens (primary N) is 1. The van der Waals surface area contributed by atoms with Gasteiger partial charge in [-0.1, -0.05) is 24.3 Å². The first kappa shape index (κ1) is 13.5. The Labute approximate surface area is 110 Å². The maximum absolute atomic E-state index is 5.72. The van der Waals surface area contributed by atoms with Crippen molar-refractivity contribution in [2.24, 2.45) is 11.7 Å². The lowest BCUT2D eigenvalue weighted by Gasteiger charge is -2.31. The van der Waals surface area contributed by atoms with E-state index in [0.29, 0.717) is 6.61 Å². The van der Waals surface area contributed by atoms with E-state index in [0.717, 1.165) is 19.0 Å². The van der Waals surface area contributed by atoms with Crippen LogP contribution in [0.15, 0.2) is 24.3 Å². The Balaban J connectivity index is 1.87. The van der Waals surface area contributed by atoms with Gasteiger partial charge in [0.05, 0.1) is 6.61 Å². The fraction of sp³-hybridized carbons (Fsp3) is 0.600. The van der Waals surface area contributed by atoms with Crippen molar-refractivity contribution in [2.75, 3.05) is 26.7 Å². The summed E-state index contributed by atoms with van der Waals surface area (Å²) in [7, 11) is 1.74. The molecule has 1 aliphatic heterocycles. The van der Waals surface area contributed by atoms with Crippen LogP contribution in [-0.4, -0.2) is 31.6 Å². The van der Waals surface area contributed by atoms with Crippen LogP contribution in [0.5, 0.6) is 0 Å². The molecule has 1 fully saturated rings. The average molecular weight is 248 g/mol. The predicted molar refractivity (Wildman–Crippen MR) is 74.2 cm³/mol. The Morgan fingerprint density at radius 1 is 1.28 bits per heavy atom. The van der Waals surface area contributed by atoms with Crippen LogP contribution in [0.25, 0.3) is 0 Å². The summed E-state index contributed by atoms with van der Waals surface area (Å²) in [6, 6.07) is 8.69. The maximum atomic E-state index is 5.72. The molecule has 1 saturated heterocycles. The van der Waals surface area contributed by atoms with Gasteiger partial charge in [-0.2, -0.15) is 0 Å². The van der Waals surface area contributed by atoms with Crippen molar-refractivity contribution in [2.45, 2.75) is 26.0 Å². The van der Waals surface area contributed by atoms with Crippen molar-refractivity contribution in [1.29, 1.82) is 0 Å². The molecule has 0 atom stereocenters. The van der Waals surface area contributed by atoms with Gasteiger partial charge >= 0.3 is 0 Å². The van der Waals surface area contributed by atoms with E-state index >= 15 is 0 Å². The third kappa shape index (κ3) is 3.80. The molecule has 100 valence electrons. The van der Waals surface area contributed by atoms with Crippen LogP contribution in [-0.2, 0) is 17.9 Å². The topological polar surface area (TPSA) is 38.5 Å². The molecule has 1 aromatic rings. The number of benzene rings is 1. The standard InChI is InChI=1S/C15H24N2O/c1-18-12-15-4-2-3-14(9-15)11-17-7-5-13(10-16)6-8-17/h2-4,9,13H,5-8,10-12,16H2,1H3. The zero-order valence-electron chi connectivity index (χ0n) is 11.3. The van der Waals surface area contributed by atoms with E-state index < -0.39 is 0 Å². The highest BCUT2D eigenvalue weighted by atomic mass is 16.5. The number of hydrogen-bond acceptors (Lipinski definition) is 3. The lowest BCUT2D eigenvalue weighted by molar-refractivity contribution is 0.178. The Kier molecular flexibility index (Phi) is 5.17. The van der Waals surface area contributed by atoms with Crippen LogP contribution < -0.4 is 5.73 Å². The molecule has 1 aromatic carbocycles. The van der Waals surface area contributed by atoms with Crippen molar-refractivity contribution in [3.05, 3.63) is 35.4 Å². The number of rotatable bonds is 5. The van der Waals surface area contributed by atoms with E-state index in [9.17, 15) is 0 Å². The van der Waals surface area contributed by atoms with Crippen LogP contribution in [0, 0.1) is 5.92 Å². The van der Waals surface area contributed by atoms with Crippen molar-refractivity contribution in [3.8, 4) is 0 Å². The second-order valence-corrected chi connectivity index (χ2v) is 5.21. The van der Waals surface area contributed by atoms with Gasteiger partial charge in [0.1, 0.15) is 0 Å². The summed E-state index contributed by atoms with van der Waals surface area (Å²) in [5.41, 5.74) is 8.36. The van der Waals surface area contributed by atoms with E-state index in [1.807, 2.05) is 0 Å². The van der Waals surface area contributed by atoms with E-state index in [1.165, 1.54) is 37.1 Å². The summed E-state index contributed by atoms with van der Waals surface area (Å²) in [4.78, 5) is 2.53. The second kappa shape index (κ2) is 6.88. The summed E-state index contributed by atoms with van der Waals surface area (Å²) in [5, 5.41) is 0. The average Bonchev–Trinajstić information content (AvgIpc) is 2.40. The quantitative estimate of drug-likeness (QED) is 0.866. The first-order valence-corrected chi connectivity index (χ1v) is 6.81. The Morgan fingerprint density at radius 3 is 2.67 bits per heavy atom. The van der Waals surface area contributed by atoms with Gasteiger partial charge in [0.2, 0.25) is 0 Å². The first-order chi connectivity index (χ1) is 8.81. The minimum Gasteiger partial charge on any atom is -0.380 e. The van der Waals surface area contributed by atoms with Gasteiger partial charge in [-0.3, -0.25) is 4.90 Å². The highest BCUT2D eigenvalue weighted by Crippen LogP contribution is 2.18. The third-order valence-electron chi connectivity index (χ3n) is 3.75. The minimum absolute atomic E-state index is 0.698. The zero-order chi connectivity index (χ0) is 12.8. The van der Waals surface area contributed by atoms with Crippen LogP contribution in [0.3, 0.4) is 0 Å². The lowest BCUT2D eigenvalue weighted by atomic mass is 9.97. The highest BCUT2D eigenvalue weighted by molar-refractivity contribution is 5.23.